The number of amides is 1. The fourth-order valence-corrected chi connectivity index (χ4v) is 5.60. The number of anilines is 2. The van der Waals surface area contributed by atoms with Gasteiger partial charge in [0.25, 0.3) is 5.91 Å². The van der Waals surface area contributed by atoms with E-state index in [2.05, 4.69) is 9.97 Å². The van der Waals surface area contributed by atoms with Crippen molar-refractivity contribution >= 4 is 29.3 Å². The number of pyridine rings is 2. The summed E-state index contributed by atoms with van der Waals surface area (Å²) in [5.74, 6) is -0.222. The lowest BCUT2D eigenvalue weighted by Gasteiger charge is -2.40. The van der Waals surface area contributed by atoms with Crippen LogP contribution in [0, 0.1) is 5.41 Å². The molecule has 1 saturated carbocycles. The summed E-state index contributed by atoms with van der Waals surface area (Å²) in [7, 11) is 0. The monoisotopic (exact) mass is 451 g/mol. The molecule has 1 saturated heterocycles. The second-order valence-electron chi connectivity index (χ2n) is 8.25. The van der Waals surface area contributed by atoms with Crippen molar-refractivity contribution < 1.29 is 18.0 Å². The number of nitrogen functional groups attached to an aromatic ring is 1. The SMILES string of the molecule is NC(=O)c1cc(Sc2cccnc2C(F)(F)F)c(N)nc1N1CCC2(CCCC2)CC1. The van der Waals surface area contributed by atoms with Crippen LogP contribution in [0.3, 0.4) is 0 Å². The third kappa shape index (κ3) is 4.44. The van der Waals surface area contributed by atoms with Crippen molar-refractivity contribution in [1.82, 2.24) is 9.97 Å². The van der Waals surface area contributed by atoms with E-state index in [0.717, 1.165) is 43.9 Å². The van der Waals surface area contributed by atoms with Gasteiger partial charge in [0.2, 0.25) is 0 Å². The Labute approximate surface area is 182 Å². The van der Waals surface area contributed by atoms with Crippen LogP contribution < -0.4 is 16.4 Å². The maximum atomic E-state index is 13.3. The molecule has 4 rings (SSSR count). The van der Waals surface area contributed by atoms with Gasteiger partial charge in [0.1, 0.15) is 11.6 Å². The minimum Gasteiger partial charge on any atom is -0.383 e. The maximum Gasteiger partial charge on any atom is 0.434 e. The van der Waals surface area contributed by atoms with Gasteiger partial charge in [-0.3, -0.25) is 9.78 Å². The Kier molecular flexibility index (Phi) is 5.76. The number of primary amides is 1. The van der Waals surface area contributed by atoms with Crippen LogP contribution in [0.1, 0.15) is 54.6 Å². The van der Waals surface area contributed by atoms with Crippen LogP contribution in [-0.2, 0) is 6.18 Å². The molecule has 1 amide bonds. The van der Waals surface area contributed by atoms with Crippen LogP contribution >= 0.6 is 11.8 Å². The van der Waals surface area contributed by atoms with E-state index in [0.29, 0.717) is 11.2 Å². The van der Waals surface area contributed by atoms with Crippen molar-refractivity contribution in [1.29, 1.82) is 0 Å². The van der Waals surface area contributed by atoms with Gasteiger partial charge in [0.15, 0.2) is 5.69 Å². The van der Waals surface area contributed by atoms with Gasteiger partial charge in [-0.25, -0.2) is 4.98 Å². The van der Waals surface area contributed by atoms with Gasteiger partial charge >= 0.3 is 6.18 Å². The average molecular weight is 452 g/mol. The molecule has 31 heavy (non-hydrogen) atoms. The summed E-state index contributed by atoms with van der Waals surface area (Å²) in [5, 5.41) is 0. The van der Waals surface area contributed by atoms with E-state index in [4.69, 9.17) is 11.5 Å². The first-order chi connectivity index (χ1) is 14.7. The molecule has 0 radical (unpaired) electrons. The number of carbonyl (C=O) groups excluding carboxylic acids is 1. The lowest BCUT2D eigenvalue weighted by atomic mass is 9.77. The molecule has 0 unspecified atom stereocenters. The van der Waals surface area contributed by atoms with Crippen LogP contribution in [0.5, 0.6) is 0 Å². The van der Waals surface area contributed by atoms with Gasteiger partial charge in [0, 0.05) is 24.2 Å². The number of alkyl halides is 3. The van der Waals surface area contributed by atoms with Crippen molar-refractivity contribution in [2.45, 2.75) is 54.5 Å². The van der Waals surface area contributed by atoms with Crippen molar-refractivity contribution in [2.75, 3.05) is 23.7 Å². The lowest BCUT2D eigenvalue weighted by Crippen LogP contribution is -2.40. The smallest absolute Gasteiger partial charge is 0.383 e. The van der Waals surface area contributed by atoms with Gasteiger partial charge in [-0.1, -0.05) is 24.6 Å². The fourth-order valence-electron chi connectivity index (χ4n) is 4.63. The fraction of sp³-hybridized carbons (Fsp3) is 0.476. The highest BCUT2D eigenvalue weighted by Gasteiger charge is 2.38. The number of carbonyl (C=O) groups is 1. The summed E-state index contributed by atoms with van der Waals surface area (Å²) in [6.45, 7) is 1.50. The third-order valence-electron chi connectivity index (χ3n) is 6.31. The molecule has 1 aliphatic heterocycles. The van der Waals surface area contributed by atoms with Gasteiger partial charge < -0.3 is 16.4 Å². The number of piperidine rings is 1. The Hall–Kier alpha value is -2.49. The maximum absolute atomic E-state index is 13.3. The molecule has 0 atom stereocenters. The van der Waals surface area contributed by atoms with Crippen LogP contribution in [0.25, 0.3) is 0 Å². The second kappa shape index (κ2) is 8.22. The number of nitrogens with two attached hydrogens (primary N) is 2. The summed E-state index contributed by atoms with van der Waals surface area (Å²) in [4.78, 5) is 22.2. The highest BCUT2D eigenvalue weighted by atomic mass is 32.2. The Balaban J connectivity index is 1.63. The summed E-state index contributed by atoms with van der Waals surface area (Å²) in [6.07, 6.45) is 3.52. The Morgan fingerprint density at radius 2 is 1.81 bits per heavy atom. The summed E-state index contributed by atoms with van der Waals surface area (Å²) < 4.78 is 39.9. The standard InChI is InChI=1S/C21H24F3N5OS/c22-21(23,24)16-14(4-3-9-27-16)31-15-12-13(18(26)30)19(28-17(15)25)29-10-7-20(8-11-29)5-1-2-6-20/h3-4,9,12H,1-2,5-8,10-11H2,(H2,25,28)(H2,26,30). The largest absolute Gasteiger partial charge is 0.434 e. The molecular weight excluding hydrogens is 427 g/mol. The number of halogens is 3. The molecule has 2 fully saturated rings. The Morgan fingerprint density at radius 1 is 1.13 bits per heavy atom. The predicted molar refractivity (Wildman–Crippen MR) is 113 cm³/mol. The topological polar surface area (TPSA) is 98.1 Å². The van der Waals surface area contributed by atoms with Gasteiger partial charge in [0.05, 0.1) is 10.5 Å². The zero-order valence-electron chi connectivity index (χ0n) is 16.9. The molecule has 1 spiro atoms. The first-order valence-electron chi connectivity index (χ1n) is 10.2. The highest BCUT2D eigenvalue weighted by Crippen LogP contribution is 2.47. The normalized spacial score (nSPS) is 18.5. The van der Waals surface area contributed by atoms with E-state index in [1.165, 1.54) is 43.9 Å². The van der Waals surface area contributed by atoms with E-state index in [-0.39, 0.29) is 21.2 Å². The zero-order chi connectivity index (χ0) is 22.2. The highest BCUT2D eigenvalue weighted by molar-refractivity contribution is 7.99. The van der Waals surface area contributed by atoms with Crippen molar-refractivity contribution in [3.63, 3.8) is 0 Å². The van der Waals surface area contributed by atoms with Crippen LogP contribution in [0.2, 0.25) is 0 Å². The minimum absolute atomic E-state index is 0.0585. The first kappa shape index (κ1) is 21.7. The molecule has 4 N–H and O–H groups in total. The molecular formula is C21H24F3N5OS. The molecule has 0 bridgehead atoms. The summed E-state index contributed by atoms with van der Waals surface area (Å²) >= 11 is 0.774. The van der Waals surface area contributed by atoms with E-state index in [1.807, 2.05) is 4.90 Å². The summed E-state index contributed by atoms with van der Waals surface area (Å²) in [6, 6.07) is 4.17. The molecule has 2 aliphatic rings. The third-order valence-corrected chi connectivity index (χ3v) is 7.40. The van der Waals surface area contributed by atoms with E-state index < -0.39 is 17.8 Å². The van der Waals surface area contributed by atoms with Gasteiger partial charge in [-0.15, -0.1) is 0 Å². The predicted octanol–water partition coefficient (Wildman–Crippen LogP) is 4.49. The average Bonchev–Trinajstić information content (AvgIpc) is 3.17. The number of aromatic nitrogens is 2. The molecule has 0 aromatic carbocycles. The van der Waals surface area contributed by atoms with Gasteiger partial charge in [-0.2, -0.15) is 13.2 Å². The number of rotatable bonds is 4. The first-order valence-corrected chi connectivity index (χ1v) is 11.1. The van der Waals surface area contributed by atoms with Crippen LogP contribution in [-0.4, -0.2) is 29.0 Å². The van der Waals surface area contributed by atoms with Crippen molar-refractivity contribution in [2.24, 2.45) is 11.1 Å². The second-order valence-corrected chi connectivity index (χ2v) is 9.34. The van der Waals surface area contributed by atoms with Gasteiger partial charge in [-0.05, 0) is 49.3 Å². The summed E-state index contributed by atoms with van der Waals surface area (Å²) in [5.41, 5.74) is 11.2. The van der Waals surface area contributed by atoms with Crippen molar-refractivity contribution in [3.8, 4) is 0 Å². The molecule has 2 aromatic rings. The molecule has 10 heteroatoms. The van der Waals surface area contributed by atoms with E-state index in [9.17, 15) is 18.0 Å². The van der Waals surface area contributed by atoms with E-state index in [1.54, 1.807) is 0 Å². The van der Waals surface area contributed by atoms with E-state index >= 15 is 0 Å². The zero-order valence-corrected chi connectivity index (χ0v) is 17.7. The number of hydrogen-bond acceptors (Lipinski definition) is 6. The van der Waals surface area contributed by atoms with Crippen molar-refractivity contribution in [3.05, 3.63) is 35.7 Å². The molecule has 2 aromatic heterocycles. The number of hydrogen-bond donors (Lipinski definition) is 2. The molecule has 1 aliphatic carbocycles. The quantitative estimate of drug-likeness (QED) is 0.711. The Bertz CT molecular complexity index is 981. The van der Waals surface area contributed by atoms with Crippen LogP contribution in [0.15, 0.2) is 34.2 Å². The lowest BCUT2D eigenvalue weighted by molar-refractivity contribution is -0.143. The number of nitrogens with zero attached hydrogens (tertiary/aromatic N) is 3. The molecule has 3 heterocycles. The Morgan fingerprint density at radius 3 is 2.42 bits per heavy atom. The molecule has 6 nitrogen and oxygen atoms in total. The minimum atomic E-state index is -4.61. The molecule has 166 valence electrons. The van der Waals surface area contributed by atoms with Crippen LogP contribution in [0.4, 0.5) is 24.8 Å².